The molecule has 0 unspecified atom stereocenters. The fraction of sp³-hybridized carbons (Fsp3) is 0.722. The second-order valence-corrected chi connectivity index (χ2v) is 7.25. The van der Waals surface area contributed by atoms with Crippen molar-refractivity contribution >= 4 is 5.78 Å². The Kier molecular flexibility index (Phi) is 4.92. The first-order valence-electron chi connectivity index (χ1n) is 8.26. The lowest BCUT2D eigenvalue weighted by Crippen LogP contribution is -2.31. The van der Waals surface area contributed by atoms with E-state index < -0.39 is 0 Å². The molecule has 0 saturated carbocycles. The van der Waals surface area contributed by atoms with E-state index in [0.29, 0.717) is 12.0 Å². The van der Waals surface area contributed by atoms with Crippen molar-refractivity contribution < 1.29 is 4.79 Å². The van der Waals surface area contributed by atoms with Gasteiger partial charge in [0.15, 0.2) is 5.78 Å². The van der Waals surface area contributed by atoms with E-state index in [4.69, 9.17) is 0 Å². The highest BCUT2D eigenvalue weighted by Gasteiger charge is 2.25. The van der Waals surface area contributed by atoms with Gasteiger partial charge in [-0.2, -0.15) is 0 Å². The van der Waals surface area contributed by atoms with Crippen LogP contribution in [0.15, 0.2) is 6.07 Å². The maximum atomic E-state index is 12.6. The van der Waals surface area contributed by atoms with Crippen molar-refractivity contribution in [2.75, 3.05) is 19.6 Å². The average molecular weight is 290 g/mol. The van der Waals surface area contributed by atoms with Gasteiger partial charge in [-0.15, -0.1) is 0 Å². The third-order valence-electron chi connectivity index (χ3n) is 4.99. The fourth-order valence-electron chi connectivity index (χ4n) is 3.50. The molecule has 21 heavy (non-hydrogen) atoms. The van der Waals surface area contributed by atoms with Gasteiger partial charge in [0.2, 0.25) is 0 Å². The molecular weight excluding hydrogens is 260 g/mol. The van der Waals surface area contributed by atoms with Crippen molar-refractivity contribution in [2.24, 2.45) is 5.41 Å². The minimum Gasteiger partial charge on any atom is -0.349 e. The highest BCUT2D eigenvalue weighted by molar-refractivity contribution is 5.99. The zero-order valence-electron chi connectivity index (χ0n) is 14.3. The molecule has 1 aliphatic rings. The molecule has 3 heteroatoms. The smallest absolute Gasteiger partial charge is 0.178 e. The molecule has 0 atom stereocenters. The SMILES string of the molecule is CCn1c(C)cc(C(=O)CN2CCCC(C)(C)CC2)c1C. The predicted octanol–water partition coefficient (Wildman–Crippen LogP) is 3.82. The third-order valence-corrected chi connectivity index (χ3v) is 4.99. The first-order chi connectivity index (χ1) is 9.84. The van der Waals surface area contributed by atoms with Gasteiger partial charge >= 0.3 is 0 Å². The van der Waals surface area contributed by atoms with Crippen molar-refractivity contribution in [1.29, 1.82) is 0 Å². The number of carbonyl (C=O) groups excluding carboxylic acids is 1. The van der Waals surface area contributed by atoms with Crippen molar-refractivity contribution in [1.82, 2.24) is 9.47 Å². The summed E-state index contributed by atoms with van der Waals surface area (Å²) in [5.41, 5.74) is 3.65. The molecule has 0 spiro atoms. The molecule has 1 aromatic rings. The molecular formula is C18H30N2O. The van der Waals surface area contributed by atoms with Gasteiger partial charge in [0, 0.05) is 23.5 Å². The van der Waals surface area contributed by atoms with E-state index in [-0.39, 0.29) is 5.78 Å². The van der Waals surface area contributed by atoms with E-state index >= 15 is 0 Å². The van der Waals surface area contributed by atoms with Crippen LogP contribution in [0.2, 0.25) is 0 Å². The average Bonchev–Trinajstić information content (AvgIpc) is 2.58. The molecule has 0 aromatic carbocycles. The maximum absolute atomic E-state index is 12.6. The number of aromatic nitrogens is 1. The number of carbonyl (C=O) groups is 1. The van der Waals surface area contributed by atoms with Crippen molar-refractivity contribution in [2.45, 2.75) is 60.4 Å². The van der Waals surface area contributed by atoms with Crippen molar-refractivity contribution in [3.63, 3.8) is 0 Å². The maximum Gasteiger partial charge on any atom is 0.178 e. The van der Waals surface area contributed by atoms with Crippen LogP contribution in [-0.2, 0) is 6.54 Å². The Labute approximate surface area is 129 Å². The van der Waals surface area contributed by atoms with Gasteiger partial charge in [-0.1, -0.05) is 13.8 Å². The summed E-state index contributed by atoms with van der Waals surface area (Å²) in [4.78, 5) is 15.0. The van der Waals surface area contributed by atoms with Gasteiger partial charge in [-0.3, -0.25) is 9.69 Å². The Morgan fingerprint density at radius 2 is 1.95 bits per heavy atom. The lowest BCUT2D eigenvalue weighted by molar-refractivity contribution is 0.0930. The fourth-order valence-corrected chi connectivity index (χ4v) is 3.50. The zero-order chi connectivity index (χ0) is 15.6. The minimum atomic E-state index is 0.280. The summed E-state index contributed by atoms with van der Waals surface area (Å²) in [5.74, 6) is 0.280. The molecule has 0 radical (unpaired) electrons. The van der Waals surface area contributed by atoms with Crippen LogP contribution in [0.4, 0.5) is 0 Å². The van der Waals surface area contributed by atoms with Crippen LogP contribution in [0.25, 0.3) is 0 Å². The molecule has 0 N–H and O–H groups in total. The van der Waals surface area contributed by atoms with E-state index in [1.165, 1.54) is 25.0 Å². The number of likely N-dealkylation sites (tertiary alicyclic amines) is 1. The molecule has 2 heterocycles. The number of nitrogens with zero attached hydrogens (tertiary/aromatic N) is 2. The Balaban J connectivity index is 2.05. The summed E-state index contributed by atoms with van der Waals surface area (Å²) >= 11 is 0. The summed E-state index contributed by atoms with van der Waals surface area (Å²) in [5, 5.41) is 0. The summed E-state index contributed by atoms with van der Waals surface area (Å²) < 4.78 is 2.22. The van der Waals surface area contributed by atoms with Crippen LogP contribution in [0.5, 0.6) is 0 Å². The summed E-state index contributed by atoms with van der Waals surface area (Å²) in [6.07, 6.45) is 3.66. The normalized spacial score (nSPS) is 19.5. The molecule has 1 aliphatic heterocycles. The molecule has 0 amide bonds. The number of aryl methyl sites for hydroxylation is 1. The minimum absolute atomic E-state index is 0.280. The van der Waals surface area contributed by atoms with Gasteiger partial charge in [0.05, 0.1) is 6.54 Å². The molecule has 1 aromatic heterocycles. The van der Waals surface area contributed by atoms with E-state index in [2.05, 4.69) is 50.2 Å². The number of ketones is 1. The standard InChI is InChI=1S/C18H30N2O/c1-6-20-14(2)12-16(15(20)3)17(21)13-19-10-7-8-18(4,5)9-11-19/h12H,6-11,13H2,1-5H3. The highest BCUT2D eigenvalue weighted by Crippen LogP contribution is 2.29. The second-order valence-electron chi connectivity index (χ2n) is 7.25. The van der Waals surface area contributed by atoms with Gasteiger partial charge in [-0.25, -0.2) is 0 Å². The first kappa shape index (κ1) is 16.3. The van der Waals surface area contributed by atoms with E-state index in [1.54, 1.807) is 0 Å². The first-order valence-corrected chi connectivity index (χ1v) is 8.26. The Morgan fingerprint density at radius 3 is 2.57 bits per heavy atom. The van der Waals surface area contributed by atoms with Crippen molar-refractivity contribution in [3.8, 4) is 0 Å². The number of hydrogen-bond donors (Lipinski definition) is 0. The number of hydrogen-bond acceptors (Lipinski definition) is 2. The number of rotatable bonds is 4. The quantitative estimate of drug-likeness (QED) is 0.788. The van der Waals surface area contributed by atoms with Crippen LogP contribution in [0, 0.1) is 19.3 Å². The van der Waals surface area contributed by atoms with Gasteiger partial charge < -0.3 is 4.57 Å². The zero-order valence-corrected chi connectivity index (χ0v) is 14.3. The third kappa shape index (κ3) is 3.76. The Morgan fingerprint density at radius 1 is 1.24 bits per heavy atom. The number of Topliss-reactive ketones (excluding diaryl/α,β-unsaturated/α-hetero) is 1. The van der Waals surface area contributed by atoms with E-state index in [9.17, 15) is 4.79 Å². The molecule has 118 valence electrons. The summed E-state index contributed by atoms with van der Waals surface area (Å²) in [6.45, 7) is 14.6. The molecule has 3 nitrogen and oxygen atoms in total. The Hall–Kier alpha value is -1.09. The van der Waals surface area contributed by atoms with Crippen LogP contribution in [0.3, 0.4) is 0 Å². The summed E-state index contributed by atoms with van der Waals surface area (Å²) in [7, 11) is 0. The highest BCUT2D eigenvalue weighted by atomic mass is 16.1. The monoisotopic (exact) mass is 290 g/mol. The lowest BCUT2D eigenvalue weighted by atomic mass is 9.85. The molecule has 0 aliphatic carbocycles. The van der Waals surface area contributed by atoms with E-state index in [0.717, 1.165) is 30.9 Å². The van der Waals surface area contributed by atoms with Gasteiger partial charge in [-0.05, 0) is 64.6 Å². The van der Waals surface area contributed by atoms with Crippen molar-refractivity contribution in [3.05, 3.63) is 23.0 Å². The van der Waals surface area contributed by atoms with Crippen LogP contribution in [-0.4, -0.2) is 34.9 Å². The molecule has 1 saturated heterocycles. The largest absolute Gasteiger partial charge is 0.349 e. The lowest BCUT2D eigenvalue weighted by Gasteiger charge is -2.22. The topological polar surface area (TPSA) is 25.2 Å². The molecule has 0 bridgehead atoms. The Bertz CT molecular complexity index is 514. The molecule has 1 fully saturated rings. The van der Waals surface area contributed by atoms with Crippen LogP contribution in [0.1, 0.15) is 61.8 Å². The van der Waals surface area contributed by atoms with Crippen LogP contribution >= 0.6 is 0 Å². The molecule has 2 rings (SSSR count). The van der Waals surface area contributed by atoms with E-state index in [1.807, 2.05) is 0 Å². The van der Waals surface area contributed by atoms with Gasteiger partial charge in [0.25, 0.3) is 0 Å². The van der Waals surface area contributed by atoms with Crippen LogP contribution < -0.4 is 0 Å². The van der Waals surface area contributed by atoms with Gasteiger partial charge in [0.1, 0.15) is 0 Å². The summed E-state index contributed by atoms with van der Waals surface area (Å²) in [6, 6.07) is 2.06. The predicted molar refractivity (Wildman–Crippen MR) is 88.0 cm³/mol. The second kappa shape index (κ2) is 6.35.